The molecule has 0 unspecified atom stereocenters. The van der Waals surface area contributed by atoms with Crippen LogP contribution in [0.1, 0.15) is 11.4 Å². The van der Waals surface area contributed by atoms with Crippen LogP contribution in [0, 0.1) is 5.82 Å². The first-order valence-corrected chi connectivity index (χ1v) is 5.84. The Bertz CT molecular complexity index is 691. The van der Waals surface area contributed by atoms with E-state index >= 15 is 0 Å². The molecular formula is C13H9ClFN3. The molecule has 3 rings (SSSR count). The van der Waals surface area contributed by atoms with Crippen molar-refractivity contribution in [3.8, 4) is 0 Å². The predicted molar refractivity (Wildman–Crippen MR) is 67.2 cm³/mol. The first-order chi connectivity index (χ1) is 8.72. The summed E-state index contributed by atoms with van der Waals surface area (Å²) in [5.41, 5.74) is 1.60. The van der Waals surface area contributed by atoms with E-state index in [1.165, 1.54) is 12.1 Å². The highest BCUT2D eigenvalue weighted by molar-refractivity contribution is 6.33. The van der Waals surface area contributed by atoms with E-state index in [9.17, 15) is 4.39 Å². The van der Waals surface area contributed by atoms with Gasteiger partial charge >= 0.3 is 0 Å². The van der Waals surface area contributed by atoms with E-state index in [0.29, 0.717) is 22.9 Å². The van der Waals surface area contributed by atoms with Crippen LogP contribution < -0.4 is 0 Å². The maximum absolute atomic E-state index is 12.8. The van der Waals surface area contributed by atoms with E-state index < -0.39 is 0 Å². The van der Waals surface area contributed by atoms with Crippen LogP contribution in [-0.4, -0.2) is 14.6 Å². The third-order valence-corrected chi connectivity index (χ3v) is 2.93. The van der Waals surface area contributed by atoms with Gasteiger partial charge in [0, 0.05) is 12.6 Å². The molecule has 0 atom stereocenters. The maximum atomic E-state index is 12.8. The second kappa shape index (κ2) is 4.38. The Morgan fingerprint density at radius 1 is 1.17 bits per heavy atom. The molecule has 0 saturated heterocycles. The molecule has 0 aliphatic rings. The van der Waals surface area contributed by atoms with Gasteiger partial charge in [-0.15, -0.1) is 0 Å². The molecule has 2 aromatic heterocycles. The first-order valence-electron chi connectivity index (χ1n) is 5.46. The molecule has 5 heteroatoms. The van der Waals surface area contributed by atoms with Crippen molar-refractivity contribution >= 4 is 17.2 Å². The van der Waals surface area contributed by atoms with Crippen LogP contribution in [0.5, 0.6) is 0 Å². The lowest BCUT2D eigenvalue weighted by Crippen LogP contribution is -1.92. The maximum Gasteiger partial charge on any atom is 0.174 e. The third kappa shape index (κ3) is 2.07. The SMILES string of the molecule is Fc1ccc(Cc2nc3c(Cl)cccn3n2)cc1. The molecule has 0 N–H and O–H groups in total. The van der Waals surface area contributed by atoms with Crippen molar-refractivity contribution in [2.75, 3.05) is 0 Å². The number of aromatic nitrogens is 3. The summed E-state index contributed by atoms with van der Waals surface area (Å²) in [5.74, 6) is 0.416. The van der Waals surface area contributed by atoms with E-state index in [1.807, 2.05) is 6.07 Å². The van der Waals surface area contributed by atoms with E-state index in [1.54, 1.807) is 28.9 Å². The van der Waals surface area contributed by atoms with Gasteiger partial charge < -0.3 is 0 Å². The van der Waals surface area contributed by atoms with Gasteiger partial charge in [-0.1, -0.05) is 23.7 Å². The van der Waals surface area contributed by atoms with Crippen LogP contribution in [0.15, 0.2) is 42.6 Å². The van der Waals surface area contributed by atoms with Gasteiger partial charge in [0.15, 0.2) is 11.5 Å². The zero-order valence-corrected chi connectivity index (χ0v) is 10.1. The summed E-state index contributed by atoms with van der Waals surface area (Å²) in [6, 6.07) is 9.89. The van der Waals surface area contributed by atoms with Crippen LogP contribution in [0.3, 0.4) is 0 Å². The molecule has 1 aromatic carbocycles. The molecule has 90 valence electrons. The lowest BCUT2D eigenvalue weighted by atomic mass is 10.1. The largest absolute Gasteiger partial charge is 0.219 e. The zero-order valence-electron chi connectivity index (χ0n) is 9.35. The number of benzene rings is 1. The molecule has 0 aliphatic heterocycles. The zero-order chi connectivity index (χ0) is 12.5. The van der Waals surface area contributed by atoms with Crippen molar-refractivity contribution in [1.82, 2.24) is 14.6 Å². The van der Waals surface area contributed by atoms with Gasteiger partial charge in [-0.2, -0.15) is 5.10 Å². The van der Waals surface area contributed by atoms with Gasteiger partial charge in [0.1, 0.15) is 5.82 Å². The summed E-state index contributed by atoms with van der Waals surface area (Å²) in [5, 5.41) is 4.88. The van der Waals surface area contributed by atoms with Gasteiger partial charge in [0.25, 0.3) is 0 Å². The van der Waals surface area contributed by atoms with Gasteiger partial charge in [0.05, 0.1) is 5.02 Å². The number of hydrogen-bond donors (Lipinski definition) is 0. The van der Waals surface area contributed by atoms with Crippen LogP contribution in [0.2, 0.25) is 5.02 Å². The van der Waals surface area contributed by atoms with Crippen molar-refractivity contribution in [1.29, 1.82) is 0 Å². The Morgan fingerprint density at radius 2 is 1.94 bits per heavy atom. The topological polar surface area (TPSA) is 30.2 Å². The highest BCUT2D eigenvalue weighted by Gasteiger charge is 2.07. The Labute approximate surface area is 108 Å². The molecule has 0 aliphatic carbocycles. The van der Waals surface area contributed by atoms with Crippen LogP contribution in [0.25, 0.3) is 5.65 Å². The molecule has 3 aromatic rings. The van der Waals surface area contributed by atoms with E-state index in [2.05, 4.69) is 10.1 Å². The Balaban J connectivity index is 1.95. The Kier molecular flexibility index (Phi) is 2.72. The molecule has 18 heavy (non-hydrogen) atoms. The summed E-state index contributed by atoms with van der Waals surface area (Å²) >= 11 is 6.02. The molecule has 0 fully saturated rings. The Hall–Kier alpha value is -1.94. The van der Waals surface area contributed by atoms with Gasteiger partial charge in [-0.3, -0.25) is 0 Å². The first kappa shape index (κ1) is 11.2. The lowest BCUT2D eigenvalue weighted by Gasteiger charge is -1.95. The molecule has 2 heterocycles. The molecular weight excluding hydrogens is 253 g/mol. The molecule has 0 spiro atoms. The van der Waals surface area contributed by atoms with Crippen LogP contribution in [-0.2, 0) is 6.42 Å². The summed E-state index contributed by atoms with van der Waals surface area (Å²) in [6.07, 6.45) is 2.35. The van der Waals surface area contributed by atoms with Crippen LogP contribution >= 0.6 is 11.6 Å². The molecule has 0 radical (unpaired) electrons. The minimum atomic E-state index is -0.246. The van der Waals surface area contributed by atoms with Gasteiger partial charge in [0.2, 0.25) is 0 Å². The molecule has 0 saturated carbocycles. The highest BCUT2D eigenvalue weighted by Crippen LogP contribution is 2.15. The monoisotopic (exact) mass is 261 g/mol. The minimum Gasteiger partial charge on any atom is -0.219 e. The fraction of sp³-hybridized carbons (Fsp3) is 0.0769. The van der Waals surface area contributed by atoms with Crippen LogP contribution in [0.4, 0.5) is 4.39 Å². The van der Waals surface area contributed by atoms with Crippen molar-refractivity contribution < 1.29 is 4.39 Å². The van der Waals surface area contributed by atoms with Crippen molar-refractivity contribution in [3.63, 3.8) is 0 Å². The fourth-order valence-electron chi connectivity index (χ4n) is 1.78. The second-order valence-electron chi connectivity index (χ2n) is 3.96. The number of rotatable bonds is 2. The average Bonchev–Trinajstić information content (AvgIpc) is 2.76. The van der Waals surface area contributed by atoms with Crippen molar-refractivity contribution in [3.05, 3.63) is 64.8 Å². The third-order valence-electron chi connectivity index (χ3n) is 2.63. The summed E-state index contributed by atoms with van der Waals surface area (Å²) < 4.78 is 14.4. The van der Waals surface area contributed by atoms with Crippen molar-refractivity contribution in [2.45, 2.75) is 6.42 Å². The van der Waals surface area contributed by atoms with E-state index in [0.717, 1.165) is 5.56 Å². The van der Waals surface area contributed by atoms with E-state index in [4.69, 9.17) is 11.6 Å². The normalized spacial score (nSPS) is 11.0. The Morgan fingerprint density at radius 3 is 2.67 bits per heavy atom. The molecule has 0 bridgehead atoms. The molecule has 0 amide bonds. The lowest BCUT2D eigenvalue weighted by molar-refractivity contribution is 0.627. The number of halogens is 2. The van der Waals surface area contributed by atoms with Gasteiger partial charge in [-0.25, -0.2) is 13.9 Å². The molecule has 3 nitrogen and oxygen atoms in total. The quantitative estimate of drug-likeness (QED) is 0.710. The smallest absolute Gasteiger partial charge is 0.174 e. The highest BCUT2D eigenvalue weighted by atomic mass is 35.5. The standard InChI is InChI=1S/C13H9ClFN3/c14-11-2-1-7-18-13(11)16-12(17-18)8-9-3-5-10(15)6-4-9/h1-7H,8H2. The predicted octanol–water partition coefficient (Wildman–Crippen LogP) is 3.11. The number of fused-ring (bicyclic) bond motifs is 1. The average molecular weight is 262 g/mol. The second-order valence-corrected chi connectivity index (χ2v) is 4.36. The summed E-state index contributed by atoms with van der Waals surface area (Å²) in [6.45, 7) is 0. The number of nitrogens with zero attached hydrogens (tertiary/aromatic N) is 3. The number of hydrogen-bond acceptors (Lipinski definition) is 2. The summed E-state index contributed by atoms with van der Waals surface area (Å²) in [7, 11) is 0. The van der Waals surface area contributed by atoms with E-state index in [-0.39, 0.29) is 5.82 Å². The number of pyridine rings is 1. The van der Waals surface area contributed by atoms with Crippen molar-refractivity contribution in [2.24, 2.45) is 0 Å². The minimum absolute atomic E-state index is 0.246. The summed E-state index contributed by atoms with van der Waals surface area (Å²) in [4.78, 5) is 4.36. The van der Waals surface area contributed by atoms with Gasteiger partial charge in [-0.05, 0) is 29.8 Å². The fourth-order valence-corrected chi connectivity index (χ4v) is 1.98.